The van der Waals surface area contributed by atoms with Crippen LogP contribution in [0.5, 0.6) is 11.5 Å². The van der Waals surface area contributed by atoms with Gasteiger partial charge in [-0.05, 0) is 31.2 Å². The summed E-state index contributed by atoms with van der Waals surface area (Å²) >= 11 is 11.9. The second-order valence-corrected chi connectivity index (χ2v) is 7.48. The number of fused-ring (bicyclic) bond motifs is 2. The Morgan fingerprint density at radius 1 is 1.00 bits per heavy atom. The Hall–Kier alpha value is -2.77. The molecule has 2 aliphatic heterocycles. The fourth-order valence-corrected chi connectivity index (χ4v) is 3.54. The summed E-state index contributed by atoms with van der Waals surface area (Å²) in [6.07, 6.45) is 0.765. The van der Waals surface area contributed by atoms with Gasteiger partial charge in [-0.25, -0.2) is 0 Å². The fourth-order valence-electron chi connectivity index (χ4n) is 3.21. The van der Waals surface area contributed by atoms with E-state index >= 15 is 0 Å². The maximum absolute atomic E-state index is 12.7. The minimum absolute atomic E-state index is 0.125. The molecular formula is C20H16Cl2N2O5. The molecule has 1 unspecified atom stereocenters. The molecule has 0 saturated carbocycles. The number of amides is 3. The highest BCUT2D eigenvalue weighted by Gasteiger charge is 2.41. The summed E-state index contributed by atoms with van der Waals surface area (Å²) in [5.74, 6) is -0.582. The summed E-state index contributed by atoms with van der Waals surface area (Å²) in [4.78, 5) is 39.0. The Morgan fingerprint density at radius 3 is 2.21 bits per heavy atom. The van der Waals surface area contributed by atoms with Gasteiger partial charge in [0, 0.05) is 18.2 Å². The van der Waals surface area contributed by atoms with Crippen molar-refractivity contribution in [1.29, 1.82) is 0 Å². The standard InChI is InChI=1S/C20H16Cl2N2O5/c1-10(24-19(26)12-8-14(21)15(22)9-13(12)20(24)27)18(25)23-11-3-4-16-17(7-11)29-6-2-5-28-16/h3-4,7-10H,2,5-6H2,1H3,(H,23,25). The number of carbonyl (C=O) groups is 3. The number of imide groups is 1. The highest BCUT2D eigenvalue weighted by molar-refractivity contribution is 6.43. The highest BCUT2D eigenvalue weighted by Crippen LogP contribution is 2.34. The lowest BCUT2D eigenvalue weighted by molar-refractivity contribution is -0.119. The SMILES string of the molecule is CC(C(=O)Nc1ccc2c(c1)OCCCO2)N1C(=O)c2cc(Cl)c(Cl)cc2C1=O. The van der Waals surface area contributed by atoms with E-state index in [0.29, 0.717) is 30.4 Å². The molecule has 1 N–H and O–H groups in total. The number of ether oxygens (including phenoxy) is 2. The van der Waals surface area contributed by atoms with Crippen LogP contribution >= 0.6 is 23.2 Å². The van der Waals surface area contributed by atoms with Gasteiger partial charge in [-0.3, -0.25) is 19.3 Å². The molecular weight excluding hydrogens is 419 g/mol. The van der Waals surface area contributed by atoms with E-state index in [1.807, 2.05) is 0 Å². The van der Waals surface area contributed by atoms with E-state index in [2.05, 4.69) is 5.32 Å². The average Bonchev–Trinajstić information content (AvgIpc) is 2.85. The van der Waals surface area contributed by atoms with Gasteiger partial charge in [-0.1, -0.05) is 23.2 Å². The molecule has 0 spiro atoms. The number of carbonyl (C=O) groups excluding carboxylic acids is 3. The first-order chi connectivity index (χ1) is 13.9. The summed E-state index contributed by atoms with van der Waals surface area (Å²) in [5, 5.41) is 3.04. The second kappa shape index (κ2) is 7.57. The van der Waals surface area contributed by atoms with E-state index in [0.717, 1.165) is 11.3 Å². The molecule has 0 fully saturated rings. The third kappa shape index (κ3) is 3.52. The van der Waals surface area contributed by atoms with Crippen LogP contribution < -0.4 is 14.8 Å². The molecule has 0 aliphatic carbocycles. The van der Waals surface area contributed by atoms with E-state index in [9.17, 15) is 14.4 Å². The first-order valence-electron chi connectivity index (χ1n) is 8.94. The molecule has 150 valence electrons. The zero-order valence-corrected chi connectivity index (χ0v) is 16.8. The minimum atomic E-state index is -1.05. The third-order valence-corrected chi connectivity index (χ3v) is 5.46. The maximum atomic E-state index is 12.7. The Balaban J connectivity index is 1.53. The Kier molecular flexibility index (Phi) is 5.10. The number of halogens is 2. The third-order valence-electron chi connectivity index (χ3n) is 4.74. The van der Waals surface area contributed by atoms with E-state index in [1.165, 1.54) is 19.1 Å². The normalized spacial score (nSPS) is 16.3. The van der Waals surface area contributed by atoms with Gasteiger partial charge >= 0.3 is 0 Å². The smallest absolute Gasteiger partial charge is 0.262 e. The van der Waals surface area contributed by atoms with E-state index < -0.39 is 23.8 Å². The minimum Gasteiger partial charge on any atom is -0.490 e. The summed E-state index contributed by atoms with van der Waals surface area (Å²) in [6.45, 7) is 2.55. The zero-order chi connectivity index (χ0) is 20.7. The number of anilines is 1. The lowest BCUT2D eigenvalue weighted by atomic mass is 10.1. The lowest BCUT2D eigenvalue weighted by Gasteiger charge is -2.22. The second-order valence-electron chi connectivity index (χ2n) is 6.67. The molecule has 2 aliphatic rings. The molecule has 9 heteroatoms. The molecule has 2 heterocycles. The van der Waals surface area contributed by atoms with Crippen LogP contribution in [0.1, 0.15) is 34.1 Å². The van der Waals surface area contributed by atoms with Crippen LogP contribution in [0.15, 0.2) is 30.3 Å². The molecule has 0 bridgehead atoms. The summed E-state index contributed by atoms with van der Waals surface area (Å²) in [6, 6.07) is 6.65. The lowest BCUT2D eigenvalue weighted by Crippen LogP contribution is -2.45. The van der Waals surface area contributed by atoms with E-state index in [4.69, 9.17) is 32.7 Å². The largest absolute Gasteiger partial charge is 0.490 e. The predicted molar refractivity (Wildman–Crippen MR) is 107 cm³/mol. The molecule has 4 rings (SSSR count). The van der Waals surface area contributed by atoms with Crippen LogP contribution in [0.2, 0.25) is 10.0 Å². The van der Waals surface area contributed by atoms with E-state index in [-0.39, 0.29) is 21.2 Å². The molecule has 0 radical (unpaired) electrons. The number of hydrogen-bond acceptors (Lipinski definition) is 5. The maximum Gasteiger partial charge on any atom is 0.262 e. The molecule has 29 heavy (non-hydrogen) atoms. The quantitative estimate of drug-likeness (QED) is 0.742. The van der Waals surface area contributed by atoms with Gasteiger partial charge in [-0.15, -0.1) is 0 Å². The molecule has 0 saturated heterocycles. The van der Waals surface area contributed by atoms with Gasteiger partial charge in [0.15, 0.2) is 11.5 Å². The molecule has 2 aromatic rings. The average molecular weight is 435 g/mol. The van der Waals surface area contributed by atoms with Crippen molar-refractivity contribution in [3.63, 3.8) is 0 Å². The van der Waals surface area contributed by atoms with Crippen LogP contribution in [-0.2, 0) is 4.79 Å². The zero-order valence-electron chi connectivity index (χ0n) is 15.3. The molecule has 3 amide bonds. The van der Waals surface area contributed by atoms with Gasteiger partial charge < -0.3 is 14.8 Å². The van der Waals surface area contributed by atoms with Gasteiger partial charge in [-0.2, -0.15) is 0 Å². The van der Waals surface area contributed by atoms with Crippen molar-refractivity contribution >= 4 is 46.6 Å². The highest BCUT2D eigenvalue weighted by atomic mass is 35.5. The van der Waals surface area contributed by atoms with Crippen LogP contribution in [0, 0.1) is 0 Å². The van der Waals surface area contributed by atoms with Crippen LogP contribution in [0.25, 0.3) is 0 Å². The van der Waals surface area contributed by atoms with Gasteiger partial charge in [0.05, 0.1) is 34.4 Å². The Morgan fingerprint density at radius 2 is 1.59 bits per heavy atom. The number of benzene rings is 2. The molecule has 0 aromatic heterocycles. The number of nitrogens with one attached hydrogen (secondary N) is 1. The first-order valence-corrected chi connectivity index (χ1v) is 9.70. The number of rotatable bonds is 3. The van der Waals surface area contributed by atoms with Crippen molar-refractivity contribution in [2.45, 2.75) is 19.4 Å². The van der Waals surface area contributed by atoms with Crippen molar-refractivity contribution in [1.82, 2.24) is 4.90 Å². The van der Waals surface area contributed by atoms with Gasteiger partial charge in [0.2, 0.25) is 5.91 Å². The Bertz CT molecular complexity index is 999. The molecule has 2 aromatic carbocycles. The summed E-state index contributed by atoms with van der Waals surface area (Å²) < 4.78 is 11.2. The molecule has 7 nitrogen and oxygen atoms in total. The summed E-state index contributed by atoms with van der Waals surface area (Å²) in [7, 11) is 0. The Labute approximate surface area is 176 Å². The monoisotopic (exact) mass is 434 g/mol. The number of nitrogens with zero attached hydrogens (tertiary/aromatic N) is 1. The van der Waals surface area contributed by atoms with Crippen molar-refractivity contribution in [2.75, 3.05) is 18.5 Å². The van der Waals surface area contributed by atoms with Crippen LogP contribution in [0.4, 0.5) is 5.69 Å². The topological polar surface area (TPSA) is 84.9 Å². The predicted octanol–water partition coefficient (Wildman–Crippen LogP) is 3.78. The van der Waals surface area contributed by atoms with Crippen LogP contribution in [-0.4, -0.2) is 41.9 Å². The van der Waals surface area contributed by atoms with Crippen molar-refractivity contribution in [2.24, 2.45) is 0 Å². The first kappa shape index (κ1) is 19.5. The van der Waals surface area contributed by atoms with Crippen molar-refractivity contribution in [3.05, 3.63) is 51.5 Å². The van der Waals surface area contributed by atoms with Crippen molar-refractivity contribution < 1.29 is 23.9 Å². The number of hydrogen-bond donors (Lipinski definition) is 1. The van der Waals surface area contributed by atoms with E-state index in [1.54, 1.807) is 18.2 Å². The van der Waals surface area contributed by atoms with Crippen LogP contribution in [0.3, 0.4) is 0 Å². The fraction of sp³-hybridized carbons (Fsp3) is 0.250. The van der Waals surface area contributed by atoms with Gasteiger partial charge in [0.1, 0.15) is 6.04 Å². The summed E-state index contributed by atoms with van der Waals surface area (Å²) in [5.41, 5.74) is 0.716. The van der Waals surface area contributed by atoms with Gasteiger partial charge in [0.25, 0.3) is 11.8 Å². The van der Waals surface area contributed by atoms with Crippen molar-refractivity contribution in [3.8, 4) is 11.5 Å². The molecule has 1 atom stereocenters.